The molecule has 1 aromatic carbocycles. The van der Waals surface area contributed by atoms with Gasteiger partial charge in [0.1, 0.15) is 11.4 Å². The monoisotopic (exact) mass is 330 g/mol. The Morgan fingerprint density at radius 2 is 2.08 bits per heavy atom. The van der Waals surface area contributed by atoms with Crippen LogP contribution in [-0.2, 0) is 19.7 Å². The molecule has 130 valence electrons. The summed E-state index contributed by atoms with van der Waals surface area (Å²) in [7, 11) is 1.71. The molecule has 1 aliphatic heterocycles. The van der Waals surface area contributed by atoms with Crippen LogP contribution >= 0.6 is 0 Å². The van der Waals surface area contributed by atoms with Crippen molar-refractivity contribution in [2.45, 2.75) is 39.5 Å². The van der Waals surface area contributed by atoms with Crippen LogP contribution in [0.4, 0.5) is 0 Å². The van der Waals surface area contributed by atoms with Crippen LogP contribution < -0.4 is 4.74 Å². The van der Waals surface area contributed by atoms with E-state index in [2.05, 4.69) is 34.3 Å². The Bertz CT molecular complexity index is 663. The van der Waals surface area contributed by atoms with Crippen LogP contribution in [0, 0.1) is 12.8 Å². The highest BCUT2D eigenvalue weighted by atomic mass is 16.5. The van der Waals surface area contributed by atoms with E-state index in [0.29, 0.717) is 11.6 Å². The highest BCUT2D eigenvalue weighted by molar-refractivity contribution is 5.34. The first kappa shape index (κ1) is 16.9. The van der Waals surface area contributed by atoms with Crippen LogP contribution in [0.25, 0.3) is 0 Å². The third-order valence-electron chi connectivity index (χ3n) is 4.84. The number of rotatable bonds is 6. The molecule has 0 saturated carbocycles. The molecule has 3 rings (SSSR count). The fraction of sp³-hybridized carbons (Fsp3) is 0.556. The predicted octanol–water partition coefficient (Wildman–Crippen LogP) is 2.00. The molecule has 1 N–H and O–H groups in total. The van der Waals surface area contributed by atoms with Crippen molar-refractivity contribution >= 4 is 0 Å². The maximum Gasteiger partial charge on any atom is 0.119 e. The van der Waals surface area contributed by atoms with Crippen molar-refractivity contribution in [2.24, 2.45) is 5.92 Å². The van der Waals surface area contributed by atoms with E-state index in [4.69, 9.17) is 9.84 Å². The van der Waals surface area contributed by atoms with E-state index in [1.54, 1.807) is 7.11 Å². The zero-order valence-corrected chi connectivity index (χ0v) is 14.5. The van der Waals surface area contributed by atoms with Crippen molar-refractivity contribution in [2.75, 3.05) is 20.2 Å². The van der Waals surface area contributed by atoms with Crippen LogP contribution in [0.3, 0.4) is 0 Å². The normalized spacial score (nSPS) is 16.5. The number of nitrogens with zero attached hydrogens (tertiary/aromatic N) is 4. The van der Waals surface area contributed by atoms with Crippen molar-refractivity contribution in [3.05, 3.63) is 41.2 Å². The molecular formula is C18H26N4O2. The average molecular weight is 330 g/mol. The zero-order valence-electron chi connectivity index (χ0n) is 14.5. The van der Waals surface area contributed by atoms with Gasteiger partial charge in [-0.05, 0) is 62.0 Å². The summed E-state index contributed by atoms with van der Waals surface area (Å²) in [6.07, 6.45) is 4.18. The van der Waals surface area contributed by atoms with Gasteiger partial charge in [-0.3, -0.25) is 9.58 Å². The summed E-state index contributed by atoms with van der Waals surface area (Å²) in [5.41, 5.74) is 3.30. The van der Waals surface area contributed by atoms with Gasteiger partial charge >= 0.3 is 0 Å². The number of hydrogen-bond donors (Lipinski definition) is 1. The summed E-state index contributed by atoms with van der Waals surface area (Å²) in [6.45, 7) is 6.21. The lowest BCUT2D eigenvalue weighted by Gasteiger charge is -2.32. The summed E-state index contributed by atoms with van der Waals surface area (Å²) in [4.78, 5) is 2.52. The second-order valence-electron chi connectivity index (χ2n) is 6.60. The number of hydrogen-bond acceptors (Lipinski definition) is 5. The summed E-state index contributed by atoms with van der Waals surface area (Å²) in [6, 6.07) is 6.32. The molecule has 0 aliphatic carbocycles. The van der Waals surface area contributed by atoms with E-state index in [-0.39, 0.29) is 6.61 Å². The molecule has 0 atom stereocenters. The molecule has 24 heavy (non-hydrogen) atoms. The fourth-order valence-electron chi connectivity index (χ4n) is 3.31. The minimum atomic E-state index is -0.0420. The van der Waals surface area contributed by atoms with Crippen LogP contribution in [0.15, 0.2) is 24.4 Å². The number of likely N-dealkylation sites (tertiary alicyclic amines) is 1. The Labute approximate surface area is 143 Å². The van der Waals surface area contributed by atoms with Gasteiger partial charge in [0, 0.05) is 13.1 Å². The summed E-state index contributed by atoms with van der Waals surface area (Å²) in [5, 5.41) is 17.1. The number of piperidine rings is 1. The Balaban J connectivity index is 1.50. The molecule has 0 spiro atoms. The predicted molar refractivity (Wildman–Crippen MR) is 91.7 cm³/mol. The molecule has 6 nitrogen and oxygen atoms in total. The van der Waals surface area contributed by atoms with Gasteiger partial charge in [0.15, 0.2) is 0 Å². The Kier molecular flexibility index (Phi) is 5.48. The SMILES string of the molecule is COc1ccc(CN2CCC(Cn3cc(CO)nn3)CC2)c(C)c1. The Morgan fingerprint density at radius 1 is 1.29 bits per heavy atom. The number of methoxy groups -OCH3 is 1. The van der Waals surface area contributed by atoms with Crippen molar-refractivity contribution in [3.63, 3.8) is 0 Å². The standard InChI is InChI=1S/C18H26N4O2/c1-14-9-18(24-2)4-3-16(14)11-21-7-5-15(6-8-21)10-22-12-17(13-23)19-20-22/h3-4,9,12,15,23H,5-8,10-11,13H2,1-2H3. The van der Waals surface area contributed by atoms with Gasteiger partial charge in [-0.2, -0.15) is 0 Å². The van der Waals surface area contributed by atoms with Gasteiger partial charge in [0.2, 0.25) is 0 Å². The second kappa shape index (κ2) is 7.77. The summed E-state index contributed by atoms with van der Waals surface area (Å²) in [5.74, 6) is 1.55. The minimum absolute atomic E-state index is 0.0420. The molecule has 0 unspecified atom stereocenters. The molecule has 1 fully saturated rings. The summed E-state index contributed by atoms with van der Waals surface area (Å²) < 4.78 is 7.14. The van der Waals surface area contributed by atoms with Crippen molar-refractivity contribution in [1.82, 2.24) is 19.9 Å². The molecule has 0 radical (unpaired) electrons. The fourth-order valence-corrected chi connectivity index (χ4v) is 3.31. The molecule has 0 amide bonds. The Morgan fingerprint density at radius 3 is 2.71 bits per heavy atom. The second-order valence-corrected chi connectivity index (χ2v) is 6.60. The lowest BCUT2D eigenvalue weighted by atomic mass is 9.96. The summed E-state index contributed by atoms with van der Waals surface area (Å²) >= 11 is 0. The third-order valence-corrected chi connectivity index (χ3v) is 4.84. The quantitative estimate of drug-likeness (QED) is 0.878. The highest BCUT2D eigenvalue weighted by Crippen LogP contribution is 2.23. The van der Waals surface area contributed by atoms with Gasteiger partial charge in [-0.15, -0.1) is 5.10 Å². The lowest BCUT2D eigenvalue weighted by molar-refractivity contribution is 0.164. The largest absolute Gasteiger partial charge is 0.497 e. The number of aliphatic hydroxyl groups is 1. The Hall–Kier alpha value is -1.92. The van der Waals surface area contributed by atoms with Gasteiger partial charge in [0.25, 0.3) is 0 Å². The van der Waals surface area contributed by atoms with E-state index in [9.17, 15) is 0 Å². The van der Waals surface area contributed by atoms with Crippen LogP contribution in [0.1, 0.15) is 29.7 Å². The van der Waals surface area contributed by atoms with Gasteiger partial charge in [-0.25, -0.2) is 0 Å². The van der Waals surface area contributed by atoms with Crippen molar-refractivity contribution in [1.29, 1.82) is 0 Å². The number of ether oxygens (including phenoxy) is 1. The first-order chi connectivity index (χ1) is 11.7. The van der Waals surface area contributed by atoms with E-state index >= 15 is 0 Å². The topological polar surface area (TPSA) is 63.4 Å². The number of aromatic nitrogens is 3. The van der Waals surface area contributed by atoms with Crippen molar-refractivity contribution in [3.8, 4) is 5.75 Å². The zero-order chi connectivity index (χ0) is 16.9. The van der Waals surface area contributed by atoms with E-state index < -0.39 is 0 Å². The average Bonchev–Trinajstić information content (AvgIpc) is 3.06. The molecule has 2 aromatic rings. The molecule has 1 aliphatic rings. The maximum atomic E-state index is 9.06. The highest BCUT2D eigenvalue weighted by Gasteiger charge is 2.20. The first-order valence-corrected chi connectivity index (χ1v) is 8.53. The smallest absolute Gasteiger partial charge is 0.119 e. The van der Waals surface area contributed by atoms with E-state index in [1.165, 1.54) is 24.0 Å². The molecule has 2 heterocycles. The number of benzene rings is 1. The molecule has 6 heteroatoms. The number of aryl methyl sites for hydroxylation is 1. The van der Waals surface area contributed by atoms with Crippen molar-refractivity contribution < 1.29 is 9.84 Å². The van der Waals surface area contributed by atoms with Crippen LogP contribution in [-0.4, -0.2) is 45.2 Å². The van der Waals surface area contributed by atoms with Crippen LogP contribution in [0.2, 0.25) is 0 Å². The molecule has 1 saturated heterocycles. The third kappa shape index (κ3) is 4.13. The molecular weight excluding hydrogens is 304 g/mol. The minimum Gasteiger partial charge on any atom is -0.497 e. The lowest BCUT2D eigenvalue weighted by Crippen LogP contribution is -2.34. The maximum absolute atomic E-state index is 9.06. The molecule has 1 aromatic heterocycles. The first-order valence-electron chi connectivity index (χ1n) is 8.53. The number of aliphatic hydroxyl groups excluding tert-OH is 1. The van der Waals surface area contributed by atoms with Gasteiger partial charge < -0.3 is 9.84 Å². The van der Waals surface area contributed by atoms with E-state index in [0.717, 1.165) is 31.9 Å². The van der Waals surface area contributed by atoms with E-state index in [1.807, 2.05) is 16.9 Å². The van der Waals surface area contributed by atoms with Crippen LogP contribution in [0.5, 0.6) is 5.75 Å². The molecule has 0 bridgehead atoms. The van der Waals surface area contributed by atoms with Gasteiger partial charge in [0.05, 0.1) is 19.9 Å². The van der Waals surface area contributed by atoms with Gasteiger partial charge in [-0.1, -0.05) is 11.3 Å².